The Labute approximate surface area is 199 Å². The summed E-state index contributed by atoms with van der Waals surface area (Å²) in [6.45, 7) is 7.31. The normalized spacial score (nSPS) is 15.3. The Morgan fingerprint density at radius 1 is 1.09 bits per heavy atom. The van der Waals surface area contributed by atoms with Crippen LogP contribution in [0.1, 0.15) is 31.5 Å². The molecule has 0 aliphatic heterocycles. The minimum atomic E-state index is -0.955. The van der Waals surface area contributed by atoms with Gasteiger partial charge in [0.1, 0.15) is 18.4 Å². The van der Waals surface area contributed by atoms with Crippen LogP contribution in [0.2, 0.25) is 0 Å². The Morgan fingerprint density at radius 3 is 2.38 bits per heavy atom. The Bertz CT molecular complexity index is 934. The van der Waals surface area contributed by atoms with Crippen molar-refractivity contribution < 1.29 is 24.9 Å². The van der Waals surface area contributed by atoms with Crippen LogP contribution in [-0.4, -0.2) is 58.1 Å². The fraction of sp³-hybridized carbons (Fsp3) is 0.417. The maximum atomic E-state index is 13.3. The van der Waals surface area contributed by atoms with Gasteiger partial charge in [-0.1, -0.05) is 50.6 Å². The molecule has 0 radical (unpaired) electrons. The third-order valence-electron chi connectivity index (χ3n) is 5.59. The number of rotatable bonds is 13. The summed E-state index contributed by atoms with van der Waals surface area (Å²) in [6, 6.07) is 5.79. The van der Waals surface area contributed by atoms with Gasteiger partial charge in [0.15, 0.2) is 6.04 Å². The number of carbonyl (C=O) groups excluding carboxylic acids is 4. The van der Waals surface area contributed by atoms with Crippen LogP contribution >= 0.6 is 0 Å². The Hall–Kier alpha value is -3.53. The molecule has 1 heterocycles. The minimum absolute atomic E-state index is 0.195. The molecule has 0 saturated carbocycles. The van der Waals surface area contributed by atoms with Crippen molar-refractivity contribution in [2.45, 2.75) is 57.3 Å². The van der Waals surface area contributed by atoms with Crippen molar-refractivity contribution in [2.24, 2.45) is 5.92 Å². The molecule has 0 unspecified atom stereocenters. The van der Waals surface area contributed by atoms with E-state index in [2.05, 4.69) is 38.6 Å². The van der Waals surface area contributed by atoms with E-state index in [9.17, 15) is 19.2 Å². The average molecular weight is 471 g/mol. The van der Waals surface area contributed by atoms with E-state index >= 15 is 0 Å². The molecule has 34 heavy (non-hydrogen) atoms. The van der Waals surface area contributed by atoms with Crippen molar-refractivity contribution >= 4 is 24.0 Å². The number of hydrogen-bond acceptors (Lipinski definition) is 5. The molecule has 0 aliphatic rings. The number of nitrogens with zero attached hydrogens (tertiary/aromatic N) is 1. The van der Waals surface area contributed by atoms with E-state index < -0.39 is 36.0 Å². The first-order valence-electron chi connectivity index (χ1n) is 11.3. The first kappa shape index (κ1) is 26.7. The second-order valence-corrected chi connectivity index (χ2v) is 8.35. The molecule has 10 heteroatoms. The Balaban J connectivity index is 2.15. The van der Waals surface area contributed by atoms with Gasteiger partial charge < -0.3 is 38.4 Å². The van der Waals surface area contributed by atoms with Crippen molar-refractivity contribution in [3.05, 3.63) is 61.0 Å². The summed E-state index contributed by atoms with van der Waals surface area (Å²) in [5.74, 6) is -1.59. The lowest BCUT2D eigenvalue weighted by Gasteiger charge is -2.27. The number of nitrogens with one attached hydrogen (secondary N) is 4. The molecule has 184 valence electrons. The summed E-state index contributed by atoms with van der Waals surface area (Å²) in [5.41, 5.74) is 5.49. The molecule has 10 nitrogen and oxygen atoms in total. The van der Waals surface area contributed by atoms with Crippen LogP contribution in [-0.2, 0) is 32.0 Å². The lowest BCUT2D eigenvalue weighted by molar-refractivity contribution is -0.403. The number of imidazole rings is 1. The van der Waals surface area contributed by atoms with E-state index in [1.807, 2.05) is 44.2 Å². The maximum absolute atomic E-state index is 13.3. The Morgan fingerprint density at radius 2 is 1.79 bits per heavy atom. The molecule has 2 aromatic rings. The number of aldehydes is 1. The average Bonchev–Trinajstić information content (AvgIpc) is 3.34. The van der Waals surface area contributed by atoms with Crippen LogP contribution < -0.4 is 21.7 Å². The summed E-state index contributed by atoms with van der Waals surface area (Å²) in [6.07, 6.45) is 4.83. The summed E-state index contributed by atoms with van der Waals surface area (Å²) in [7, 11) is 0. The molecule has 0 aliphatic carbocycles. The van der Waals surface area contributed by atoms with Crippen LogP contribution in [0.25, 0.3) is 0 Å². The third kappa shape index (κ3) is 8.11. The van der Waals surface area contributed by atoms with Crippen molar-refractivity contribution in [2.75, 3.05) is 0 Å². The number of amides is 3. The number of aromatic nitrogens is 2. The van der Waals surface area contributed by atoms with Crippen molar-refractivity contribution in [1.82, 2.24) is 25.9 Å². The number of carbonyl (C=O) groups is 4. The van der Waals surface area contributed by atoms with E-state index in [4.69, 9.17) is 0 Å². The zero-order valence-electron chi connectivity index (χ0n) is 19.6. The number of aromatic amines is 1. The zero-order chi connectivity index (χ0) is 25.1. The second-order valence-electron chi connectivity index (χ2n) is 8.35. The van der Waals surface area contributed by atoms with Crippen LogP contribution in [0.15, 0.2) is 42.9 Å². The largest absolute Gasteiger partial charge is 0.375 e. The van der Waals surface area contributed by atoms with Gasteiger partial charge in [0.05, 0.1) is 12.7 Å². The summed E-state index contributed by atoms with van der Waals surface area (Å²) in [5, 5.41) is 8.03. The van der Waals surface area contributed by atoms with Gasteiger partial charge in [0.25, 0.3) is 5.91 Å². The van der Waals surface area contributed by atoms with Crippen LogP contribution in [0.3, 0.4) is 0 Å². The van der Waals surface area contributed by atoms with Gasteiger partial charge in [-0.2, -0.15) is 0 Å². The molecule has 0 spiro atoms. The van der Waals surface area contributed by atoms with E-state index in [1.165, 1.54) is 6.33 Å². The molecule has 5 atom stereocenters. The van der Waals surface area contributed by atoms with E-state index in [0.717, 1.165) is 11.3 Å². The fourth-order valence-electron chi connectivity index (χ4n) is 3.37. The van der Waals surface area contributed by atoms with Gasteiger partial charge >= 0.3 is 0 Å². The zero-order valence-corrected chi connectivity index (χ0v) is 19.6. The monoisotopic (exact) mass is 470 g/mol. The van der Waals surface area contributed by atoms with Crippen LogP contribution in [0.4, 0.5) is 0 Å². The highest BCUT2D eigenvalue weighted by Crippen LogP contribution is 2.11. The molecule has 1 aromatic carbocycles. The lowest BCUT2D eigenvalue weighted by atomic mass is 9.96. The highest BCUT2D eigenvalue weighted by atomic mass is 16.2. The molecule has 2 rings (SSSR count). The first-order chi connectivity index (χ1) is 16.2. The molecule has 7 N–H and O–H groups in total. The minimum Gasteiger partial charge on any atom is -0.375 e. The van der Waals surface area contributed by atoms with Gasteiger partial charge in [0, 0.05) is 18.3 Å². The molecular weight excluding hydrogens is 436 g/mol. The van der Waals surface area contributed by atoms with Gasteiger partial charge in [0.2, 0.25) is 11.8 Å². The second kappa shape index (κ2) is 13.2. The topological polar surface area (TPSA) is 161 Å². The predicted octanol–water partition coefficient (Wildman–Crippen LogP) is -0.661. The number of benzene rings is 1. The highest BCUT2D eigenvalue weighted by Gasteiger charge is 2.32. The predicted molar refractivity (Wildman–Crippen MR) is 126 cm³/mol. The lowest BCUT2D eigenvalue weighted by Crippen LogP contribution is -2.70. The molecule has 3 amide bonds. The van der Waals surface area contributed by atoms with Gasteiger partial charge in [-0.15, -0.1) is 0 Å². The molecule has 1 aromatic heterocycles. The van der Waals surface area contributed by atoms with E-state index in [0.29, 0.717) is 19.1 Å². The van der Waals surface area contributed by atoms with Gasteiger partial charge in [-0.3, -0.25) is 14.4 Å². The molecular formula is C24H34N6O4. The molecule has 0 bridgehead atoms. The van der Waals surface area contributed by atoms with E-state index in [-0.39, 0.29) is 18.2 Å². The maximum Gasteiger partial charge on any atom is 0.279 e. The highest BCUT2D eigenvalue weighted by molar-refractivity contribution is 5.93. The SMILES string of the molecule is [CH2-][C@@H](C=O)NC(=O)[C@H](Cc1ccccc1)NC(=O)[C@@H](NC(=O)[C@@H]([NH3+])Cc1cnc[nH]1)[C@@H](C)CC. The Kier molecular flexibility index (Phi) is 10.4. The first-order valence-corrected chi connectivity index (χ1v) is 11.3. The number of hydrogen-bond donors (Lipinski definition) is 5. The summed E-state index contributed by atoms with van der Waals surface area (Å²) in [4.78, 5) is 56.6. The summed E-state index contributed by atoms with van der Waals surface area (Å²) >= 11 is 0. The van der Waals surface area contributed by atoms with Crippen LogP contribution in [0, 0.1) is 12.8 Å². The van der Waals surface area contributed by atoms with Crippen molar-refractivity contribution in [1.29, 1.82) is 0 Å². The van der Waals surface area contributed by atoms with Crippen LogP contribution in [0.5, 0.6) is 0 Å². The molecule has 0 saturated heterocycles. The van der Waals surface area contributed by atoms with Gasteiger partial charge in [-0.05, 0) is 17.5 Å². The van der Waals surface area contributed by atoms with Crippen molar-refractivity contribution in [3.8, 4) is 0 Å². The molecule has 0 fully saturated rings. The smallest absolute Gasteiger partial charge is 0.279 e. The standard InChI is InChI=1S/C24H33N6O4/c1-4-15(2)21(30-22(32)19(25)11-18-12-26-14-27-18)24(34)29-20(23(33)28-16(3)13-31)10-17-8-6-5-7-9-17/h5-9,12-16,19-21H,3-4,10-11,25H2,1-2H3,(H,26,27)(H,28,33)(H,29,34)(H,30,32)/q-1/p+1/t15-,16-,19-,20-,21-/m0/s1. The fourth-order valence-corrected chi connectivity index (χ4v) is 3.37. The number of quaternary nitrogens is 1. The van der Waals surface area contributed by atoms with Gasteiger partial charge in [-0.25, -0.2) is 4.98 Å². The quantitative estimate of drug-likeness (QED) is 0.194. The van der Waals surface area contributed by atoms with Crippen molar-refractivity contribution in [3.63, 3.8) is 0 Å². The third-order valence-corrected chi connectivity index (χ3v) is 5.59. The summed E-state index contributed by atoms with van der Waals surface area (Å²) < 4.78 is 0. The van der Waals surface area contributed by atoms with E-state index in [1.54, 1.807) is 6.20 Å². The number of H-pyrrole nitrogens is 1.